The van der Waals surface area contributed by atoms with Crippen molar-refractivity contribution >= 4 is 27.7 Å². The van der Waals surface area contributed by atoms with Gasteiger partial charge >= 0.3 is 0 Å². The fourth-order valence-corrected chi connectivity index (χ4v) is 2.38. The smallest absolute Gasteiger partial charge is 0.266 e. The van der Waals surface area contributed by atoms with Crippen LogP contribution in [0.5, 0.6) is 0 Å². The maximum absolute atomic E-state index is 13.6. The molecule has 2 rings (SSSR count). The van der Waals surface area contributed by atoms with Gasteiger partial charge in [0.25, 0.3) is 5.91 Å². The molecule has 25 heavy (non-hydrogen) atoms. The van der Waals surface area contributed by atoms with Crippen LogP contribution in [0.15, 0.2) is 52.9 Å². The molecule has 6 nitrogen and oxygen atoms in total. The summed E-state index contributed by atoms with van der Waals surface area (Å²) >= 11 is 0. The number of nitrogens with one attached hydrogen (secondary N) is 1. The van der Waals surface area contributed by atoms with E-state index in [0.717, 1.165) is 12.1 Å². The number of benzene rings is 2. The van der Waals surface area contributed by atoms with E-state index in [-0.39, 0.29) is 16.1 Å². The molecule has 9 heteroatoms. The van der Waals surface area contributed by atoms with Crippen LogP contribution in [0.25, 0.3) is 6.08 Å². The van der Waals surface area contributed by atoms with Gasteiger partial charge in [-0.3, -0.25) is 4.79 Å². The summed E-state index contributed by atoms with van der Waals surface area (Å²) in [6.07, 6.45) is 0.909. The van der Waals surface area contributed by atoms with Gasteiger partial charge in [-0.25, -0.2) is 22.3 Å². The van der Waals surface area contributed by atoms with E-state index in [1.165, 1.54) is 36.4 Å². The zero-order chi connectivity index (χ0) is 18.6. The van der Waals surface area contributed by atoms with E-state index in [2.05, 4.69) is 5.32 Å². The van der Waals surface area contributed by atoms with Gasteiger partial charge in [0.2, 0.25) is 10.0 Å². The monoisotopic (exact) mass is 363 g/mol. The molecule has 0 radical (unpaired) electrons. The van der Waals surface area contributed by atoms with Crippen LogP contribution in [0, 0.1) is 23.0 Å². The second-order valence-electron chi connectivity index (χ2n) is 4.84. The summed E-state index contributed by atoms with van der Waals surface area (Å²) in [4.78, 5) is 11.9. The molecule has 3 N–H and O–H groups in total. The summed E-state index contributed by atoms with van der Waals surface area (Å²) in [7, 11) is -3.87. The molecule has 0 aliphatic rings. The van der Waals surface area contributed by atoms with Gasteiger partial charge in [0, 0.05) is 11.3 Å². The van der Waals surface area contributed by atoms with Crippen molar-refractivity contribution in [1.29, 1.82) is 5.26 Å². The zero-order valence-electron chi connectivity index (χ0n) is 12.5. The minimum Gasteiger partial charge on any atom is -0.321 e. The first kappa shape index (κ1) is 18.3. The van der Waals surface area contributed by atoms with E-state index in [9.17, 15) is 22.0 Å². The van der Waals surface area contributed by atoms with Crippen LogP contribution in [0.3, 0.4) is 0 Å². The first-order chi connectivity index (χ1) is 11.7. The Hall–Kier alpha value is -3.09. The highest BCUT2D eigenvalue weighted by molar-refractivity contribution is 7.89. The van der Waals surface area contributed by atoms with E-state index >= 15 is 0 Å². The fraction of sp³-hybridized carbons (Fsp3) is 0. The first-order valence-electron chi connectivity index (χ1n) is 6.72. The Balaban J connectivity index is 2.25. The van der Waals surface area contributed by atoms with Crippen LogP contribution in [0.2, 0.25) is 0 Å². The number of carbonyl (C=O) groups excluding carboxylic acids is 1. The predicted octanol–water partition coefficient (Wildman–Crippen LogP) is 2.16. The normalized spacial score (nSPS) is 11.7. The van der Waals surface area contributed by atoms with E-state index in [4.69, 9.17) is 10.4 Å². The molecule has 0 saturated carbocycles. The average Bonchev–Trinajstić information content (AvgIpc) is 2.55. The standard InChI is InChI=1S/C16H11F2N3O3S/c17-14-3-1-2-10(15(14)18)8-11(9-19)16(22)21-12-4-6-13(7-5-12)25(20,23)24/h1-8H,(H,21,22)(H2,20,23,24)/b11-8-. The molecule has 0 aromatic heterocycles. The number of hydrogen-bond donors (Lipinski definition) is 2. The Labute approximate surface area is 142 Å². The van der Waals surface area contributed by atoms with E-state index in [1.807, 2.05) is 0 Å². The summed E-state index contributed by atoms with van der Waals surface area (Å²) < 4.78 is 49.1. The zero-order valence-corrected chi connectivity index (χ0v) is 13.3. The lowest BCUT2D eigenvalue weighted by Gasteiger charge is -2.06. The van der Waals surface area contributed by atoms with Gasteiger partial charge < -0.3 is 5.32 Å². The van der Waals surface area contributed by atoms with Crippen LogP contribution in [0.4, 0.5) is 14.5 Å². The molecule has 0 fully saturated rings. The van der Waals surface area contributed by atoms with Crippen LogP contribution in [-0.4, -0.2) is 14.3 Å². The minimum atomic E-state index is -3.87. The van der Waals surface area contributed by atoms with Crippen LogP contribution < -0.4 is 10.5 Å². The summed E-state index contributed by atoms with van der Waals surface area (Å²) in [6, 6.07) is 9.85. The summed E-state index contributed by atoms with van der Waals surface area (Å²) in [6.45, 7) is 0. The number of nitriles is 1. The highest BCUT2D eigenvalue weighted by Gasteiger charge is 2.13. The van der Waals surface area contributed by atoms with Gasteiger partial charge in [-0.15, -0.1) is 0 Å². The highest BCUT2D eigenvalue weighted by Crippen LogP contribution is 2.17. The quantitative estimate of drug-likeness (QED) is 0.640. The summed E-state index contributed by atoms with van der Waals surface area (Å²) in [5, 5.41) is 16.4. The largest absolute Gasteiger partial charge is 0.321 e. The first-order valence-corrected chi connectivity index (χ1v) is 8.27. The lowest BCUT2D eigenvalue weighted by Crippen LogP contribution is -2.14. The molecular formula is C16H11F2N3O3S. The van der Waals surface area contributed by atoms with Crippen molar-refractivity contribution in [3.05, 3.63) is 65.2 Å². The molecule has 0 heterocycles. The summed E-state index contributed by atoms with van der Waals surface area (Å²) in [5.41, 5.74) is -0.519. The highest BCUT2D eigenvalue weighted by atomic mass is 32.2. The van der Waals surface area contributed by atoms with E-state index in [0.29, 0.717) is 0 Å². The maximum atomic E-state index is 13.6. The van der Waals surface area contributed by atoms with Crippen molar-refractivity contribution in [2.45, 2.75) is 4.90 Å². The van der Waals surface area contributed by atoms with Gasteiger partial charge in [-0.1, -0.05) is 12.1 Å². The van der Waals surface area contributed by atoms with Gasteiger partial charge in [-0.05, 0) is 36.4 Å². The van der Waals surface area contributed by atoms with Gasteiger partial charge in [0.1, 0.15) is 11.6 Å². The number of halogens is 2. The lowest BCUT2D eigenvalue weighted by atomic mass is 10.1. The molecule has 0 spiro atoms. The van der Waals surface area contributed by atoms with Crippen molar-refractivity contribution in [1.82, 2.24) is 0 Å². The van der Waals surface area contributed by atoms with Crippen LogP contribution in [0.1, 0.15) is 5.56 Å². The number of primary sulfonamides is 1. The van der Waals surface area contributed by atoms with Crippen molar-refractivity contribution < 1.29 is 22.0 Å². The molecule has 2 aromatic carbocycles. The number of nitrogens with two attached hydrogens (primary N) is 1. The lowest BCUT2D eigenvalue weighted by molar-refractivity contribution is -0.112. The second kappa shape index (κ2) is 7.21. The Morgan fingerprint density at radius 1 is 1.16 bits per heavy atom. The van der Waals surface area contributed by atoms with Crippen molar-refractivity contribution in [2.75, 3.05) is 5.32 Å². The second-order valence-corrected chi connectivity index (χ2v) is 6.40. The number of nitrogens with zero attached hydrogens (tertiary/aromatic N) is 1. The van der Waals surface area contributed by atoms with Gasteiger partial charge in [0.15, 0.2) is 11.6 Å². The van der Waals surface area contributed by atoms with Crippen molar-refractivity contribution in [2.24, 2.45) is 5.14 Å². The molecule has 0 bridgehead atoms. The van der Waals surface area contributed by atoms with Gasteiger partial charge in [-0.2, -0.15) is 5.26 Å². The Morgan fingerprint density at radius 3 is 2.36 bits per heavy atom. The molecule has 0 aliphatic carbocycles. The molecule has 0 saturated heterocycles. The molecule has 1 amide bonds. The molecule has 0 unspecified atom stereocenters. The number of hydrogen-bond acceptors (Lipinski definition) is 4. The number of sulfonamides is 1. The van der Waals surface area contributed by atoms with Crippen molar-refractivity contribution in [3.8, 4) is 6.07 Å². The van der Waals surface area contributed by atoms with Gasteiger partial charge in [0.05, 0.1) is 4.90 Å². The third kappa shape index (κ3) is 4.47. The van der Waals surface area contributed by atoms with Crippen LogP contribution >= 0.6 is 0 Å². The Morgan fingerprint density at radius 2 is 1.80 bits per heavy atom. The number of amides is 1. The number of anilines is 1. The molecule has 0 atom stereocenters. The molecule has 0 aliphatic heterocycles. The Bertz CT molecular complexity index is 994. The topological polar surface area (TPSA) is 113 Å². The van der Waals surface area contributed by atoms with Crippen molar-refractivity contribution in [3.63, 3.8) is 0 Å². The summed E-state index contributed by atoms with van der Waals surface area (Å²) in [5.74, 6) is -3.15. The molecule has 128 valence electrons. The fourth-order valence-electron chi connectivity index (χ4n) is 1.86. The maximum Gasteiger partial charge on any atom is 0.266 e. The molecular weight excluding hydrogens is 352 g/mol. The Kier molecular flexibility index (Phi) is 5.26. The average molecular weight is 363 g/mol. The number of carbonyl (C=O) groups is 1. The van der Waals surface area contributed by atoms with E-state index < -0.39 is 33.1 Å². The minimum absolute atomic E-state index is 0.150. The third-order valence-corrected chi connectivity index (χ3v) is 4.02. The predicted molar refractivity (Wildman–Crippen MR) is 86.4 cm³/mol. The number of rotatable bonds is 4. The SMILES string of the molecule is N#C/C(=C/c1cccc(F)c1F)C(=O)Nc1ccc(S(N)(=O)=O)cc1. The van der Waals surface area contributed by atoms with E-state index in [1.54, 1.807) is 6.07 Å². The van der Waals surface area contributed by atoms with Crippen LogP contribution in [-0.2, 0) is 14.8 Å². The third-order valence-electron chi connectivity index (χ3n) is 3.09. The molecule has 2 aromatic rings.